The molecule has 4 aromatic carbocycles. The molecule has 0 saturated heterocycles. The molecular formula is C29H20ClN. The second-order valence-electron chi connectivity index (χ2n) is 7.41. The van der Waals surface area contributed by atoms with E-state index in [-0.39, 0.29) is 0 Å². The van der Waals surface area contributed by atoms with Crippen LogP contribution in [0.2, 0.25) is 5.02 Å². The first-order valence-corrected chi connectivity index (χ1v) is 10.6. The Labute approximate surface area is 187 Å². The summed E-state index contributed by atoms with van der Waals surface area (Å²) in [6, 6.07) is 33.0. The molecule has 0 bridgehead atoms. The predicted molar refractivity (Wildman–Crippen MR) is 134 cm³/mol. The summed E-state index contributed by atoms with van der Waals surface area (Å²) in [5.41, 5.74) is 5.29. The molecule has 0 spiro atoms. The van der Waals surface area contributed by atoms with Crippen LogP contribution in [0.15, 0.2) is 109 Å². The second kappa shape index (κ2) is 8.59. The standard InChI is InChI=1S/C29H20ClN/c30-25-17-14-23(15-18-25)28-20-24(12-5-4-10-21-8-2-1-3-9-21)29-26-13-7-6-11-22(26)16-19-27(29)31-28/h1-20H/b10-4+,12-5+. The van der Waals surface area contributed by atoms with Gasteiger partial charge in [0.2, 0.25) is 0 Å². The highest BCUT2D eigenvalue weighted by molar-refractivity contribution is 6.30. The highest BCUT2D eigenvalue weighted by Gasteiger charge is 2.09. The maximum Gasteiger partial charge on any atom is 0.0722 e. The molecule has 31 heavy (non-hydrogen) atoms. The van der Waals surface area contributed by atoms with Gasteiger partial charge >= 0.3 is 0 Å². The number of hydrogen-bond donors (Lipinski definition) is 0. The van der Waals surface area contributed by atoms with Crippen LogP contribution in [-0.4, -0.2) is 4.98 Å². The van der Waals surface area contributed by atoms with E-state index in [1.807, 2.05) is 42.5 Å². The Bertz CT molecular complexity index is 1410. The van der Waals surface area contributed by atoms with Crippen LogP contribution in [0.4, 0.5) is 0 Å². The zero-order valence-electron chi connectivity index (χ0n) is 16.9. The van der Waals surface area contributed by atoms with E-state index in [9.17, 15) is 0 Å². The number of benzene rings is 4. The summed E-state index contributed by atoms with van der Waals surface area (Å²) < 4.78 is 0. The van der Waals surface area contributed by atoms with Gasteiger partial charge in [-0.2, -0.15) is 0 Å². The zero-order chi connectivity index (χ0) is 21.0. The van der Waals surface area contributed by atoms with Crippen molar-refractivity contribution in [3.8, 4) is 11.3 Å². The lowest BCUT2D eigenvalue weighted by molar-refractivity contribution is 1.40. The first kappa shape index (κ1) is 19.3. The number of fused-ring (bicyclic) bond motifs is 3. The second-order valence-corrected chi connectivity index (χ2v) is 7.85. The largest absolute Gasteiger partial charge is 0.248 e. The van der Waals surface area contributed by atoms with Crippen LogP contribution < -0.4 is 0 Å². The molecule has 0 atom stereocenters. The fraction of sp³-hybridized carbons (Fsp3) is 0. The molecule has 1 nitrogen and oxygen atoms in total. The van der Waals surface area contributed by atoms with Crippen molar-refractivity contribution >= 4 is 45.4 Å². The summed E-state index contributed by atoms with van der Waals surface area (Å²) in [5.74, 6) is 0. The lowest BCUT2D eigenvalue weighted by Gasteiger charge is -2.10. The Morgan fingerprint density at radius 2 is 1.42 bits per heavy atom. The summed E-state index contributed by atoms with van der Waals surface area (Å²) >= 11 is 6.09. The molecule has 0 fully saturated rings. The van der Waals surface area contributed by atoms with Gasteiger partial charge in [0.15, 0.2) is 0 Å². The van der Waals surface area contributed by atoms with Crippen LogP contribution in [0.3, 0.4) is 0 Å². The van der Waals surface area contributed by atoms with Crippen molar-refractivity contribution in [1.82, 2.24) is 4.98 Å². The third kappa shape index (κ3) is 4.14. The zero-order valence-corrected chi connectivity index (χ0v) is 17.6. The van der Waals surface area contributed by atoms with Gasteiger partial charge in [0.25, 0.3) is 0 Å². The molecule has 0 aliphatic carbocycles. The molecule has 0 unspecified atom stereocenters. The first-order valence-electron chi connectivity index (χ1n) is 10.3. The molecule has 2 heteroatoms. The van der Waals surface area contributed by atoms with E-state index in [1.54, 1.807) is 0 Å². The Morgan fingerprint density at radius 3 is 2.26 bits per heavy atom. The Morgan fingerprint density at radius 1 is 0.677 bits per heavy atom. The average molecular weight is 418 g/mol. The molecule has 0 N–H and O–H groups in total. The number of pyridine rings is 1. The molecule has 0 aliphatic heterocycles. The van der Waals surface area contributed by atoms with Gasteiger partial charge in [-0.25, -0.2) is 4.98 Å². The highest BCUT2D eigenvalue weighted by Crippen LogP contribution is 2.32. The molecule has 1 aromatic heterocycles. The fourth-order valence-corrected chi connectivity index (χ4v) is 3.95. The molecule has 0 saturated carbocycles. The van der Waals surface area contributed by atoms with Gasteiger partial charge < -0.3 is 0 Å². The maximum absolute atomic E-state index is 6.09. The molecule has 5 rings (SSSR count). The summed E-state index contributed by atoms with van der Waals surface area (Å²) in [6.45, 7) is 0. The van der Waals surface area contributed by atoms with E-state index in [0.29, 0.717) is 0 Å². The van der Waals surface area contributed by atoms with E-state index in [0.717, 1.165) is 27.4 Å². The van der Waals surface area contributed by atoms with Crippen molar-refractivity contribution in [1.29, 1.82) is 0 Å². The minimum Gasteiger partial charge on any atom is -0.248 e. The molecular weight excluding hydrogens is 398 g/mol. The Hall–Kier alpha value is -3.68. The number of allylic oxidation sites excluding steroid dienone is 2. The molecule has 0 radical (unpaired) electrons. The Balaban J connectivity index is 1.65. The van der Waals surface area contributed by atoms with Crippen LogP contribution in [0.1, 0.15) is 11.1 Å². The van der Waals surface area contributed by atoms with E-state index >= 15 is 0 Å². The van der Waals surface area contributed by atoms with Crippen molar-refractivity contribution in [2.45, 2.75) is 0 Å². The van der Waals surface area contributed by atoms with Gasteiger partial charge in [0.1, 0.15) is 0 Å². The third-order valence-corrected chi connectivity index (χ3v) is 5.60. The number of aromatic nitrogens is 1. The van der Waals surface area contributed by atoms with Crippen molar-refractivity contribution in [2.75, 3.05) is 0 Å². The van der Waals surface area contributed by atoms with Crippen LogP contribution >= 0.6 is 11.6 Å². The smallest absolute Gasteiger partial charge is 0.0722 e. The fourth-order valence-electron chi connectivity index (χ4n) is 3.83. The van der Waals surface area contributed by atoms with Gasteiger partial charge in [-0.15, -0.1) is 0 Å². The maximum atomic E-state index is 6.09. The first-order chi connectivity index (χ1) is 15.3. The number of hydrogen-bond acceptors (Lipinski definition) is 1. The summed E-state index contributed by atoms with van der Waals surface area (Å²) in [6.07, 6.45) is 8.44. The van der Waals surface area contributed by atoms with Gasteiger partial charge in [-0.05, 0) is 46.2 Å². The lowest BCUT2D eigenvalue weighted by Crippen LogP contribution is -1.90. The minimum atomic E-state index is 0.724. The van der Waals surface area contributed by atoms with E-state index in [2.05, 4.69) is 78.9 Å². The number of halogens is 1. The SMILES string of the molecule is Clc1ccc(-c2cc(/C=C/C=C/c3ccccc3)c3c(ccc4ccccc43)n2)cc1. The quantitative estimate of drug-likeness (QED) is 0.211. The van der Waals surface area contributed by atoms with E-state index in [4.69, 9.17) is 16.6 Å². The van der Waals surface area contributed by atoms with Crippen molar-refractivity contribution < 1.29 is 0 Å². The van der Waals surface area contributed by atoms with E-state index in [1.165, 1.54) is 21.7 Å². The van der Waals surface area contributed by atoms with Gasteiger partial charge in [-0.1, -0.05) is 109 Å². The van der Waals surface area contributed by atoms with Crippen LogP contribution in [0.5, 0.6) is 0 Å². The topological polar surface area (TPSA) is 12.9 Å². The molecule has 148 valence electrons. The number of nitrogens with zero attached hydrogens (tertiary/aromatic N) is 1. The molecule has 0 aliphatic rings. The van der Waals surface area contributed by atoms with Crippen molar-refractivity contribution in [3.05, 3.63) is 125 Å². The number of rotatable bonds is 4. The summed E-state index contributed by atoms with van der Waals surface area (Å²) in [4.78, 5) is 4.97. The average Bonchev–Trinajstić information content (AvgIpc) is 2.82. The summed E-state index contributed by atoms with van der Waals surface area (Å²) in [5, 5.41) is 4.31. The minimum absolute atomic E-state index is 0.724. The van der Waals surface area contributed by atoms with Crippen LogP contribution in [-0.2, 0) is 0 Å². The lowest BCUT2D eigenvalue weighted by atomic mass is 9.98. The monoisotopic (exact) mass is 417 g/mol. The Kier molecular flexibility index (Phi) is 5.35. The predicted octanol–water partition coefficient (Wildman–Crippen LogP) is 8.44. The third-order valence-electron chi connectivity index (χ3n) is 5.34. The van der Waals surface area contributed by atoms with E-state index < -0.39 is 0 Å². The van der Waals surface area contributed by atoms with Crippen molar-refractivity contribution in [3.63, 3.8) is 0 Å². The summed E-state index contributed by atoms with van der Waals surface area (Å²) in [7, 11) is 0. The van der Waals surface area contributed by atoms with Crippen LogP contribution in [0.25, 0.3) is 45.1 Å². The normalized spacial score (nSPS) is 11.8. The molecule has 5 aromatic rings. The highest BCUT2D eigenvalue weighted by atomic mass is 35.5. The molecule has 0 amide bonds. The van der Waals surface area contributed by atoms with Gasteiger partial charge in [-0.3, -0.25) is 0 Å². The van der Waals surface area contributed by atoms with Crippen LogP contribution in [0, 0.1) is 0 Å². The van der Waals surface area contributed by atoms with Gasteiger partial charge in [0.05, 0.1) is 11.2 Å². The van der Waals surface area contributed by atoms with Gasteiger partial charge in [0, 0.05) is 16.0 Å². The molecule has 1 heterocycles. The van der Waals surface area contributed by atoms with Crippen molar-refractivity contribution in [2.24, 2.45) is 0 Å².